The van der Waals surface area contributed by atoms with Gasteiger partial charge in [0.25, 0.3) is 0 Å². The minimum absolute atomic E-state index is 0.251. The van der Waals surface area contributed by atoms with Crippen molar-refractivity contribution in [2.24, 2.45) is 0 Å². The molecule has 1 heterocycles. The molecule has 0 spiro atoms. The minimum Gasteiger partial charge on any atom is -0.491 e. The Morgan fingerprint density at radius 1 is 1.03 bits per heavy atom. The van der Waals surface area contributed by atoms with Crippen LogP contribution in [0.4, 0.5) is 10.5 Å². The zero-order valence-corrected chi connectivity index (χ0v) is 17.6. The van der Waals surface area contributed by atoms with E-state index in [1.54, 1.807) is 7.11 Å². The van der Waals surface area contributed by atoms with Gasteiger partial charge in [-0.1, -0.05) is 24.3 Å². The molecular formula is C23H28N4O3. The molecule has 0 aliphatic carbocycles. The minimum atomic E-state index is -0.251. The molecule has 3 aromatic rings. The van der Waals surface area contributed by atoms with Crippen LogP contribution >= 0.6 is 0 Å². The van der Waals surface area contributed by atoms with Gasteiger partial charge < -0.3 is 20.1 Å². The Hall–Kier alpha value is -3.32. The molecule has 2 N–H and O–H groups in total. The number of hydrogen-bond acceptors (Lipinski definition) is 4. The molecule has 0 saturated heterocycles. The van der Waals surface area contributed by atoms with Gasteiger partial charge in [-0.25, -0.2) is 4.79 Å². The van der Waals surface area contributed by atoms with E-state index in [4.69, 9.17) is 9.47 Å². The SMILES string of the molecule is COCCOc1ccc(CNC(=O)Nc2cccc(Cn3nc(C)cc3C)c2)cc1. The van der Waals surface area contributed by atoms with Gasteiger partial charge >= 0.3 is 6.03 Å². The number of aromatic nitrogens is 2. The maximum absolute atomic E-state index is 12.3. The number of carbonyl (C=O) groups is 1. The van der Waals surface area contributed by atoms with Crippen molar-refractivity contribution in [2.45, 2.75) is 26.9 Å². The summed E-state index contributed by atoms with van der Waals surface area (Å²) in [6, 6.07) is 17.2. The van der Waals surface area contributed by atoms with E-state index < -0.39 is 0 Å². The number of aryl methyl sites for hydroxylation is 2. The van der Waals surface area contributed by atoms with Gasteiger partial charge in [0.2, 0.25) is 0 Å². The van der Waals surface area contributed by atoms with Crippen LogP contribution in [0.3, 0.4) is 0 Å². The highest BCUT2D eigenvalue weighted by Crippen LogP contribution is 2.14. The Bertz CT molecular complexity index is 967. The highest BCUT2D eigenvalue weighted by molar-refractivity contribution is 5.89. The maximum Gasteiger partial charge on any atom is 0.319 e. The van der Waals surface area contributed by atoms with Crippen molar-refractivity contribution in [1.82, 2.24) is 15.1 Å². The lowest BCUT2D eigenvalue weighted by Crippen LogP contribution is -2.28. The second-order valence-corrected chi connectivity index (χ2v) is 7.08. The Labute approximate surface area is 177 Å². The lowest BCUT2D eigenvalue weighted by Gasteiger charge is -2.11. The highest BCUT2D eigenvalue weighted by Gasteiger charge is 2.06. The summed E-state index contributed by atoms with van der Waals surface area (Å²) in [6.07, 6.45) is 0. The number of amides is 2. The quantitative estimate of drug-likeness (QED) is 0.527. The van der Waals surface area contributed by atoms with E-state index in [0.717, 1.165) is 34.0 Å². The Morgan fingerprint density at radius 2 is 1.83 bits per heavy atom. The summed E-state index contributed by atoms with van der Waals surface area (Å²) < 4.78 is 12.5. The normalized spacial score (nSPS) is 10.6. The number of nitrogens with one attached hydrogen (secondary N) is 2. The van der Waals surface area contributed by atoms with Crippen LogP contribution in [0.1, 0.15) is 22.5 Å². The molecule has 0 radical (unpaired) electrons. The number of ether oxygens (including phenoxy) is 2. The molecule has 30 heavy (non-hydrogen) atoms. The van der Waals surface area contributed by atoms with Crippen molar-refractivity contribution in [3.05, 3.63) is 77.1 Å². The largest absolute Gasteiger partial charge is 0.491 e. The van der Waals surface area contributed by atoms with Crippen molar-refractivity contribution < 1.29 is 14.3 Å². The first kappa shape index (κ1) is 21.4. The Kier molecular flexibility index (Phi) is 7.45. The molecule has 3 rings (SSSR count). The highest BCUT2D eigenvalue weighted by atomic mass is 16.5. The van der Waals surface area contributed by atoms with Crippen molar-refractivity contribution in [3.8, 4) is 5.75 Å². The van der Waals surface area contributed by atoms with Crippen molar-refractivity contribution in [2.75, 3.05) is 25.6 Å². The predicted molar refractivity (Wildman–Crippen MR) is 117 cm³/mol. The number of carbonyl (C=O) groups excluding carboxylic acids is 1. The van der Waals surface area contributed by atoms with Crippen LogP contribution in [0.2, 0.25) is 0 Å². The lowest BCUT2D eigenvalue weighted by atomic mass is 10.2. The molecular weight excluding hydrogens is 380 g/mol. The first-order valence-corrected chi connectivity index (χ1v) is 9.89. The van der Waals surface area contributed by atoms with Crippen LogP contribution in [0.15, 0.2) is 54.6 Å². The predicted octanol–water partition coefficient (Wildman–Crippen LogP) is 3.90. The van der Waals surface area contributed by atoms with Crippen molar-refractivity contribution >= 4 is 11.7 Å². The molecule has 2 amide bonds. The van der Waals surface area contributed by atoms with Gasteiger partial charge in [-0.05, 0) is 55.3 Å². The third-order valence-electron chi connectivity index (χ3n) is 4.55. The van der Waals surface area contributed by atoms with Crippen LogP contribution in [-0.4, -0.2) is 36.1 Å². The number of methoxy groups -OCH3 is 1. The molecule has 7 heteroatoms. The number of benzene rings is 2. The summed E-state index contributed by atoms with van der Waals surface area (Å²) >= 11 is 0. The standard InChI is InChI=1S/C23H28N4O3/c1-17-13-18(2)27(26-17)16-20-5-4-6-21(14-20)25-23(28)24-15-19-7-9-22(10-8-19)30-12-11-29-3/h4-10,13-14H,11-12,15-16H2,1-3H3,(H2,24,25,28). The molecule has 0 aliphatic rings. The first-order chi connectivity index (χ1) is 14.5. The van der Waals surface area contributed by atoms with Crippen LogP contribution in [-0.2, 0) is 17.8 Å². The van der Waals surface area contributed by atoms with Gasteiger partial charge in [-0.15, -0.1) is 0 Å². The van der Waals surface area contributed by atoms with E-state index in [-0.39, 0.29) is 6.03 Å². The fourth-order valence-corrected chi connectivity index (χ4v) is 3.06. The summed E-state index contributed by atoms with van der Waals surface area (Å²) in [4.78, 5) is 12.3. The van der Waals surface area contributed by atoms with Gasteiger partial charge in [-0.3, -0.25) is 4.68 Å². The van der Waals surface area contributed by atoms with Gasteiger partial charge in [0.15, 0.2) is 0 Å². The summed E-state index contributed by atoms with van der Waals surface area (Å²) in [5.74, 6) is 0.777. The van der Waals surface area contributed by atoms with Gasteiger partial charge in [0, 0.05) is 25.0 Å². The molecule has 158 valence electrons. The summed E-state index contributed by atoms with van der Waals surface area (Å²) in [7, 11) is 1.64. The lowest BCUT2D eigenvalue weighted by molar-refractivity contribution is 0.146. The number of anilines is 1. The van der Waals surface area contributed by atoms with E-state index in [2.05, 4.69) is 15.7 Å². The Morgan fingerprint density at radius 3 is 2.53 bits per heavy atom. The third-order valence-corrected chi connectivity index (χ3v) is 4.55. The van der Waals surface area contributed by atoms with Crippen LogP contribution in [0, 0.1) is 13.8 Å². The molecule has 0 fully saturated rings. The van der Waals surface area contributed by atoms with Crippen molar-refractivity contribution in [1.29, 1.82) is 0 Å². The molecule has 7 nitrogen and oxygen atoms in total. The van der Waals surface area contributed by atoms with E-state index in [9.17, 15) is 4.79 Å². The zero-order chi connectivity index (χ0) is 21.3. The Balaban J connectivity index is 1.49. The van der Waals surface area contributed by atoms with Crippen LogP contribution in [0.25, 0.3) is 0 Å². The van der Waals surface area contributed by atoms with Gasteiger partial charge in [-0.2, -0.15) is 5.10 Å². The fourth-order valence-electron chi connectivity index (χ4n) is 3.06. The molecule has 0 aliphatic heterocycles. The second-order valence-electron chi connectivity index (χ2n) is 7.08. The molecule has 2 aromatic carbocycles. The molecule has 0 unspecified atom stereocenters. The average molecular weight is 409 g/mol. The summed E-state index contributed by atoms with van der Waals surface area (Å²) in [5, 5.41) is 10.2. The second kappa shape index (κ2) is 10.5. The molecule has 1 aromatic heterocycles. The smallest absolute Gasteiger partial charge is 0.319 e. The monoisotopic (exact) mass is 408 g/mol. The maximum atomic E-state index is 12.3. The number of hydrogen-bond donors (Lipinski definition) is 2. The van der Waals surface area contributed by atoms with E-state index in [1.807, 2.05) is 73.1 Å². The summed E-state index contributed by atoms with van der Waals surface area (Å²) in [5.41, 5.74) is 4.91. The van der Waals surface area contributed by atoms with Crippen molar-refractivity contribution in [3.63, 3.8) is 0 Å². The summed E-state index contributed by atoms with van der Waals surface area (Å²) in [6.45, 7) is 6.16. The van der Waals surface area contributed by atoms with Gasteiger partial charge in [0.1, 0.15) is 12.4 Å². The number of urea groups is 1. The molecule has 0 saturated carbocycles. The van der Waals surface area contributed by atoms with Crippen LogP contribution in [0.5, 0.6) is 5.75 Å². The molecule has 0 bridgehead atoms. The van der Waals surface area contributed by atoms with E-state index in [0.29, 0.717) is 26.3 Å². The third kappa shape index (κ3) is 6.35. The number of rotatable bonds is 9. The van der Waals surface area contributed by atoms with Crippen LogP contribution < -0.4 is 15.4 Å². The fraction of sp³-hybridized carbons (Fsp3) is 0.304. The van der Waals surface area contributed by atoms with E-state index >= 15 is 0 Å². The van der Waals surface area contributed by atoms with Gasteiger partial charge in [0.05, 0.1) is 18.8 Å². The average Bonchev–Trinajstić information content (AvgIpc) is 3.04. The number of nitrogens with zero attached hydrogens (tertiary/aromatic N) is 2. The van der Waals surface area contributed by atoms with E-state index in [1.165, 1.54) is 0 Å². The zero-order valence-electron chi connectivity index (χ0n) is 17.6. The molecule has 0 atom stereocenters. The first-order valence-electron chi connectivity index (χ1n) is 9.89. The topological polar surface area (TPSA) is 77.4 Å².